The molecular formula is C58H94O24. The molecule has 0 aromatic heterocycles. The predicted molar refractivity (Wildman–Crippen MR) is 283 cm³/mol. The molecule has 14 N–H and O–H groups in total. The van der Waals surface area contributed by atoms with Gasteiger partial charge in [0.1, 0.15) is 85.5 Å². The van der Waals surface area contributed by atoms with Gasteiger partial charge < -0.3 is 114 Å². The molecule has 24 nitrogen and oxygen atoms in total. The maximum atomic E-state index is 12.7. The number of esters is 1. The van der Waals surface area contributed by atoms with Gasteiger partial charge in [0.2, 0.25) is 0 Å². The molecule has 4 saturated heterocycles. The van der Waals surface area contributed by atoms with Crippen molar-refractivity contribution in [2.75, 3.05) is 33.0 Å². The minimum absolute atomic E-state index is 0.0940. The van der Waals surface area contributed by atoms with Crippen LogP contribution in [0.15, 0.2) is 23.3 Å². The maximum absolute atomic E-state index is 12.7. The third kappa shape index (κ3) is 10.8. The smallest absolute Gasteiger partial charge is 0.333 e. The summed E-state index contributed by atoms with van der Waals surface area (Å²) >= 11 is 0. The van der Waals surface area contributed by atoms with Crippen molar-refractivity contribution in [1.29, 1.82) is 0 Å². The Morgan fingerprint density at radius 3 is 1.80 bits per heavy atom. The fourth-order valence-corrected chi connectivity index (χ4v) is 16.8. The Labute approximate surface area is 478 Å². The van der Waals surface area contributed by atoms with Crippen LogP contribution in [-0.2, 0) is 47.4 Å². The van der Waals surface area contributed by atoms with E-state index in [0.29, 0.717) is 19.3 Å². The molecule has 0 unspecified atom stereocenters. The van der Waals surface area contributed by atoms with Gasteiger partial charge in [-0.25, -0.2) is 4.79 Å². The Hall–Kier alpha value is -1.93. The summed E-state index contributed by atoms with van der Waals surface area (Å²) in [6.07, 6.45) is -23.1. The Kier molecular flexibility index (Phi) is 18.8. The summed E-state index contributed by atoms with van der Waals surface area (Å²) in [6.45, 7) is 16.2. The average Bonchev–Trinajstić information content (AvgIpc) is 0.766. The molecule has 8 fully saturated rings. The number of fused-ring (bicyclic) bond motifs is 7. The van der Waals surface area contributed by atoms with Crippen LogP contribution in [0.4, 0.5) is 0 Å². The summed E-state index contributed by atoms with van der Waals surface area (Å²) in [5.41, 5.74) is -1.72. The van der Waals surface area contributed by atoms with Crippen molar-refractivity contribution in [1.82, 2.24) is 0 Å². The van der Waals surface area contributed by atoms with E-state index in [0.717, 1.165) is 25.7 Å². The Morgan fingerprint density at radius 1 is 0.634 bits per heavy atom. The third-order valence-corrected chi connectivity index (χ3v) is 22.3. The number of aliphatic hydroxyl groups excluding tert-OH is 14. The topological polar surface area (TPSA) is 383 Å². The molecule has 4 heterocycles. The summed E-state index contributed by atoms with van der Waals surface area (Å²) in [5, 5.41) is 153. The van der Waals surface area contributed by atoms with Gasteiger partial charge in [-0.1, -0.05) is 66.2 Å². The standard InChI is InChI=1S/C58H94O24/c1-10-25(2)48(73)82-47-29(20-59)77-52(46(72)42(47)68)81-36-19-58(24-60)27(17-53(36,3)4)26-11-12-33-55(7)15-14-35(54(5,6)32(55)13-16-56(33,8)57(26,9)18-34(58)62)80-51-45(71)41(67)39(65)31(79-51)23-76-50-44(70)40(66)38(64)30(78-50)22-75-49-43(69)37(63)28(61)21-74-49/h10-11,27-47,49-52,59-72H,12-24H2,1-9H3/b25-10+/t27-,28+,29+,30+,31+,32-,33+,34-,35-,36-,37-,38+,39+,40-,41-,42+,43+,44+,45+,46+,47+,49-,50+,51-,52-,55-,56+,57+,58+/m0/s1. The van der Waals surface area contributed by atoms with Gasteiger partial charge >= 0.3 is 5.97 Å². The van der Waals surface area contributed by atoms with Crippen LogP contribution in [0.1, 0.15) is 114 Å². The summed E-state index contributed by atoms with van der Waals surface area (Å²) in [4.78, 5) is 12.7. The lowest BCUT2D eigenvalue weighted by molar-refractivity contribution is -0.348. The maximum Gasteiger partial charge on any atom is 0.333 e. The van der Waals surface area contributed by atoms with Crippen LogP contribution in [0.3, 0.4) is 0 Å². The van der Waals surface area contributed by atoms with Crippen LogP contribution in [0.2, 0.25) is 0 Å². The van der Waals surface area contributed by atoms with Gasteiger partial charge in [-0.15, -0.1) is 0 Å². The summed E-state index contributed by atoms with van der Waals surface area (Å²) in [7, 11) is 0. The summed E-state index contributed by atoms with van der Waals surface area (Å²) < 4.78 is 53.2. The zero-order valence-electron chi connectivity index (χ0n) is 48.6. The molecule has 9 aliphatic rings. The average molecular weight is 1180 g/mol. The highest BCUT2D eigenvalue weighted by Crippen LogP contribution is 2.76. The molecule has 0 amide bonds. The zero-order valence-corrected chi connectivity index (χ0v) is 48.6. The third-order valence-electron chi connectivity index (χ3n) is 22.3. The number of carbonyl (C=O) groups excluding carboxylic acids is 1. The van der Waals surface area contributed by atoms with Gasteiger partial charge in [0.05, 0.1) is 51.3 Å². The molecule has 470 valence electrons. The number of hydrogen-bond acceptors (Lipinski definition) is 24. The minimum Gasteiger partial charge on any atom is -0.453 e. The lowest BCUT2D eigenvalue weighted by atomic mass is 9.33. The van der Waals surface area contributed by atoms with Crippen LogP contribution in [0.5, 0.6) is 0 Å². The fraction of sp³-hybridized carbons (Fsp3) is 0.914. The first-order valence-corrected chi connectivity index (χ1v) is 29.4. The van der Waals surface area contributed by atoms with Crippen LogP contribution < -0.4 is 0 Å². The molecular weight excluding hydrogens is 1080 g/mol. The van der Waals surface area contributed by atoms with Crippen LogP contribution in [-0.4, -0.2) is 246 Å². The van der Waals surface area contributed by atoms with Gasteiger partial charge in [0, 0.05) is 11.0 Å². The first-order chi connectivity index (χ1) is 38.4. The molecule has 0 bridgehead atoms. The molecule has 24 heteroatoms. The van der Waals surface area contributed by atoms with Crippen molar-refractivity contribution >= 4 is 5.97 Å². The van der Waals surface area contributed by atoms with E-state index in [9.17, 15) is 76.3 Å². The van der Waals surface area contributed by atoms with E-state index in [2.05, 4.69) is 40.7 Å². The van der Waals surface area contributed by atoms with E-state index in [-0.39, 0.29) is 53.8 Å². The van der Waals surface area contributed by atoms with Crippen molar-refractivity contribution in [3.8, 4) is 0 Å². The van der Waals surface area contributed by atoms with E-state index in [1.807, 2.05) is 13.8 Å². The monoisotopic (exact) mass is 1170 g/mol. The first-order valence-electron chi connectivity index (χ1n) is 29.4. The molecule has 4 aliphatic heterocycles. The number of allylic oxidation sites excluding steroid dienone is 3. The van der Waals surface area contributed by atoms with Crippen LogP contribution in [0.25, 0.3) is 0 Å². The molecule has 4 saturated carbocycles. The number of ether oxygens (including phenoxy) is 9. The minimum atomic E-state index is -1.81. The van der Waals surface area contributed by atoms with E-state index in [1.165, 1.54) is 5.57 Å². The van der Waals surface area contributed by atoms with E-state index < -0.39 is 182 Å². The number of carbonyl (C=O) groups is 1. The largest absolute Gasteiger partial charge is 0.453 e. The van der Waals surface area contributed by atoms with Crippen molar-refractivity contribution in [2.24, 2.45) is 50.2 Å². The molecule has 5 aliphatic carbocycles. The number of hydrogen-bond donors (Lipinski definition) is 14. The summed E-state index contributed by atoms with van der Waals surface area (Å²) in [5.74, 6) is -0.728. The van der Waals surface area contributed by atoms with E-state index in [1.54, 1.807) is 19.9 Å². The van der Waals surface area contributed by atoms with Crippen molar-refractivity contribution in [2.45, 2.75) is 249 Å². The highest BCUT2D eigenvalue weighted by Gasteiger charge is 2.71. The molecule has 0 radical (unpaired) electrons. The zero-order chi connectivity index (χ0) is 60.1. The quantitative estimate of drug-likeness (QED) is 0.0409. The van der Waals surface area contributed by atoms with Gasteiger partial charge in [-0.05, 0) is 110 Å². The second-order valence-electron chi connectivity index (χ2n) is 27.5. The molecule has 0 spiro atoms. The normalized spacial score (nSPS) is 52.1. The highest BCUT2D eigenvalue weighted by molar-refractivity contribution is 5.87. The van der Waals surface area contributed by atoms with Crippen molar-refractivity contribution in [3.05, 3.63) is 23.3 Å². The molecule has 0 aromatic carbocycles. The van der Waals surface area contributed by atoms with Crippen LogP contribution >= 0.6 is 0 Å². The van der Waals surface area contributed by atoms with Crippen molar-refractivity contribution < 1.29 is 119 Å². The molecule has 82 heavy (non-hydrogen) atoms. The highest BCUT2D eigenvalue weighted by atomic mass is 16.7. The fourth-order valence-electron chi connectivity index (χ4n) is 16.8. The predicted octanol–water partition coefficient (Wildman–Crippen LogP) is -1.46. The lowest BCUT2D eigenvalue weighted by Crippen LogP contribution is -2.68. The lowest BCUT2D eigenvalue weighted by Gasteiger charge is -2.72. The second-order valence-corrected chi connectivity index (χ2v) is 27.5. The van der Waals surface area contributed by atoms with E-state index in [4.69, 9.17) is 42.6 Å². The first kappa shape index (κ1) is 64.5. The van der Waals surface area contributed by atoms with Crippen LogP contribution in [0, 0.1) is 50.2 Å². The Bertz CT molecular complexity index is 2300. The molecule has 29 atom stereocenters. The SMILES string of the molecule is C/C=C(\C)C(=O)O[C@H]1[C@H](O)[C@@H](O)[C@H](O[C@H]2C[C@]3(CO)[C@@H](O)C[C@]4(C)C(=CC[C@@H]5[C@@]6(C)CC[C@H](O[C@@H]7O[C@H](CO[C@@H]8O[C@H](CO[C@@H]9OC[C@@H](O)[C@H](O)[C@H]9O)[C@@H](O)[C@H](O)[C@H]8O)[C@@H](O)[C@H](O)[C@H]7O)C(C)(C)[C@@H]6CC[C@]54C)[C@@H]3CC2(C)C)O[C@@H]1CO. The second kappa shape index (κ2) is 23.9. The van der Waals surface area contributed by atoms with Crippen molar-refractivity contribution in [3.63, 3.8) is 0 Å². The Morgan fingerprint density at radius 2 is 1.20 bits per heavy atom. The van der Waals surface area contributed by atoms with Gasteiger partial charge in [-0.3, -0.25) is 0 Å². The van der Waals surface area contributed by atoms with Gasteiger partial charge in [0.15, 0.2) is 31.3 Å². The molecule has 0 aromatic rings. The summed E-state index contributed by atoms with van der Waals surface area (Å²) in [6, 6.07) is 0. The Balaban J connectivity index is 0.865. The van der Waals surface area contributed by atoms with E-state index >= 15 is 0 Å². The van der Waals surface area contributed by atoms with Gasteiger partial charge in [0.25, 0.3) is 0 Å². The number of rotatable bonds is 14. The van der Waals surface area contributed by atoms with Gasteiger partial charge in [-0.2, -0.15) is 0 Å². The molecule has 9 rings (SSSR count). The number of aliphatic hydroxyl groups is 14.